The van der Waals surface area contributed by atoms with Gasteiger partial charge in [0.15, 0.2) is 11.4 Å². The third kappa shape index (κ3) is 3.41. The molecule has 4 heterocycles. The van der Waals surface area contributed by atoms with Gasteiger partial charge in [0.05, 0.1) is 42.8 Å². The smallest absolute Gasteiger partial charge is 0.274 e. The Morgan fingerprint density at radius 3 is 2.76 bits per heavy atom. The van der Waals surface area contributed by atoms with Gasteiger partial charge in [0.25, 0.3) is 5.91 Å². The number of ether oxygens (including phenoxy) is 1. The first-order chi connectivity index (χ1) is 15.8. The van der Waals surface area contributed by atoms with Gasteiger partial charge in [0, 0.05) is 30.4 Å². The first-order valence-corrected chi connectivity index (χ1v) is 10.6. The van der Waals surface area contributed by atoms with Crippen molar-refractivity contribution in [2.24, 2.45) is 0 Å². The van der Waals surface area contributed by atoms with Gasteiger partial charge in [0.1, 0.15) is 11.6 Å². The zero-order valence-electron chi connectivity index (χ0n) is 18.1. The summed E-state index contributed by atoms with van der Waals surface area (Å²) in [6.45, 7) is 4.60. The first-order valence-electron chi connectivity index (χ1n) is 10.6. The van der Waals surface area contributed by atoms with Gasteiger partial charge in [-0.3, -0.25) is 14.3 Å². The van der Waals surface area contributed by atoms with Crippen LogP contribution in [0.1, 0.15) is 41.6 Å². The number of nitrogens with zero attached hydrogens (tertiary/aromatic N) is 4. The van der Waals surface area contributed by atoms with E-state index >= 15 is 0 Å². The normalized spacial score (nSPS) is 17.5. The molecule has 1 N–H and O–H groups in total. The van der Waals surface area contributed by atoms with Gasteiger partial charge < -0.3 is 19.3 Å². The van der Waals surface area contributed by atoms with Crippen molar-refractivity contribution in [1.29, 1.82) is 0 Å². The monoisotopic (exact) mass is 456 g/mol. The molecule has 8 nitrogen and oxygen atoms in total. The minimum absolute atomic E-state index is 0.0279. The predicted molar refractivity (Wildman–Crippen MR) is 114 cm³/mol. The summed E-state index contributed by atoms with van der Waals surface area (Å²) in [6, 6.07) is 4.52. The number of hydrogen-bond acceptors (Lipinski definition) is 5. The highest BCUT2D eigenvalue weighted by molar-refractivity contribution is 5.97. The Kier molecular flexibility index (Phi) is 5.04. The molecule has 172 valence electrons. The van der Waals surface area contributed by atoms with Gasteiger partial charge in [-0.05, 0) is 26.0 Å². The average molecular weight is 456 g/mol. The fourth-order valence-corrected chi connectivity index (χ4v) is 4.54. The first kappa shape index (κ1) is 21.3. The number of hydrogen-bond donors (Lipinski definition) is 1. The van der Waals surface area contributed by atoms with E-state index in [0.717, 1.165) is 12.1 Å². The summed E-state index contributed by atoms with van der Waals surface area (Å²) >= 11 is 0. The molecule has 1 amide bonds. The highest BCUT2D eigenvalue weighted by atomic mass is 19.1. The lowest BCUT2D eigenvalue weighted by atomic mass is 10.0. The average Bonchev–Trinajstić information content (AvgIpc) is 3.22. The van der Waals surface area contributed by atoms with E-state index in [1.807, 2.05) is 13.8 Å². The minimum atomic E-state index is -0.710. The molecular formula is C23H22F2N4O4. The van der Waals surface area contributed by atoms with E-state index in [-0.39, 0.29) is 47.8 Å². The maximum absolute atomic E-state index is 14.0. The van der Waals surface area contributed by atoms with E-state index in [9.17, 15) is 23.5 Å². The lowest BCUT2D eigenvalue weighted by molar-refractivity contribution is 0.0203. The van der Waals surface area contributed by atoms with Crippen LogP contribution in [0.3, 0.4) is 0 Å². The molecule has 0 aliphatic carbocycles. The Balaban J connectivity index is 1.60. The van der Waals surface area contributed by atoms with Gasteiger partial charge in [-0.2, -0.15) is 5.10 Å². The third-order valence-electron chi connectivity index (χ3n) is 6.14. The molecule has 2 aliphatic heterocycles. The van der Waals surface area contributed by atoms with Crippen molar-refractivity contribution < 1.29 is 23.4 Å². The van der Waals surface area contributed by atoms with Crippen molar-refractivity contribution in [1.82, 2.24) is 19.2 Å². The van der Waals surface area contributed by atoms with E-state index < -0.39 is 28.7 Å². The topological polar surface area (TPSA) is 89.6 Å². The van der Waals surface area contributed by atoms with Crippen molar-refractivity contribution in [3.63, 3.8) is 0 Å². The molecule has 0 spiro atoms. The molecule has 0 saturated carbocycles. The second-order valence-corrected chi connectivity index (χ2v) is 8.57. The van der Waals surface area contributed by atoms with E-state index in [2.05, 4.69) is 5.10 Å². The van der Waals surface area contributed by atoms with Crippen molar-refractivity contribution >= 4 is 5.91 Å². The van der Waals surface area contributed by atoms with Crippen molar-refractivity contribution in [2.45, 2.75) is 39.1 Å². The second kappa shape index (κ2) is 7.80. The molecule has 2 aliphatic rings. The number of benzene rings is 1. The third-order valence-corrected chi connectivity index (χ3v) is 6.14. The van der Waals surface area contributed by atoms with Crippen LogP contribution in [-0.2, 0) is 17.9 Å². The Hall–Kier alpha value is -3.53. The van der Waals surface area contributed by atoms with Crippen LogP contribution in [0.25, 0.3) is 11.3 Å². The zero-order chi connectivity index (χ0) is 23.4. The lowest BCUT2D eigenvalue weighted by Gasteiger charge is -2.42. The molecule has 10 heteroatoms. The summed E-state index contributed by atoms with van der Waals surface area (Å²) < 4.78 is 36.1. The number of aromatic nitrogens is 3. The van der Waals surface area contributed by atoms with E-state index in [1.54, 1.807) is 21.7 Å². The largest absolute Gasteiger partial charge is 0.503 e. The quantitative estimate of drug-likeness (QED) is 0.652. The molecule has 2 aromatic heterocycles. The Morgan fingerprint density at radius 1 is 1.24 bits per heavy atom. The second-order valence-electron chi connectivity index (χ2n) is 8.57. The highest BCUT2D eigenvalue weighted by Gasteiger charge is 2.40. The highest BCUT2D eigenvalue weighted by Crippen LogP contribution is 2.36. The summed E-state index contributed by atoms with van der Waals surface area (Å²) in [5.74, 6) is -2.38. The number of pyridine rings is 1. The fraction of sp³-hybridized carbons (Fsp3) is 0.348. The molecule has 0 unspecified atom stereocenters. The van der Waals surface area contributed by atoms with Gasteiger partial charge >= 0.3 is 0 Å². The van der Waals surface area contributed by atoms with Crippen molar-refractivity contribution in [2.75, 3.05) is 13.2 Å². The number of halogens is 2. The maximum atomic E-state index is 14.0. The molecule has 1 atom stereocenters. The summed E-state index contributed by atoms with van der Waals surface area (Å²) in [7, 11) is 0. The van der Waals surface area contributed by atoms with Crippen LogP contribution in [-0.4, -0.2) is 49.5 Å². The molecule has 33 heavy (non-hydrogen) atoms. The Bertz CT molecular complexity index is 1330. The van der Waals surface area contributed by atoms with Gasteiger partial charge in [-0.25, -0.2) is 8.78 Å². The number of aromatic hydroxyl groups is 1. The zero-order valence-corrected chi connectivity index (χ0v) is 18.1. The van der Waals surface area contributed by atoms with Crippen LogP contribution in [0.5, 0.6) is 5.75 Å². The van der Waals surface area contributed by atoms with Crippen LogP contribution in [0.15, 0.2) is 35.3 Å². The van der Waals surface area contributed by atoms with E-state index in [1.165, 1.54) is 10.7 Å². The predicted octanol–water partition coefficient (Wildman–Crippen LogP) is 2.68. The molecule has 5 rings (SSSR count). The van der Waals surface area contributed by atoms with Crippen molar-refractivity contribution in [3.05, 3.63) is 69.3 Å². The lowest BCUT2D eigenvalue weighted by Crippen LogP contribution is -2.50. The van der Waals surface area contributed by atoms with Gasteiger partial charge in [-0.1, -0.05) is 6.07 Å². The number of carbonyl (C=O) groups is 1. The van der Waals surface area contributed by atoms with E-state index in [0.29, 0.717) is 18.8 Å². The Labute approximate surface area is 187 Å². The Morgan fingerprint density at radius 2 is 2.03 bits per heavy atom. The molecular weight excluding hydrogens is 434 g/mol. The van der Waals surface area contributed by atoms with Gasteiger partial charge in [0.2, 0.25) is 5.43 Å². The van der Waals surface area contributed by atoms with Crippen LogP contribution in [0.2, 0.25) is 0 Å². The van der Waals surface area contributed by atoms with Crippen LogP contribution in [0.4, 0.5) is 8.78 Å². The summed E-state index contributed by atoms with van der Waals surface area (Å²) in [4.78, 5) is 27.9. The summed E-state index contributed by atoms with van der Waals surface area (Å²) in [5, 5.41) is 15.2. The molecule has 0 radical (unpaired) electrons. The maximum Gasteiger partial charge on any atom is 0.274 e. The molecule has 3 aromatic rings. The molecule has 0 saturated heterocycles. The molecule has 1 aromatic carbocycles. The van der Waals surface area contributed by atoms with E-state index in [4.69, 9.17) is 4.74 Å². The summed E-state index contributed by atoms with van der Waals surface area (Å²) in [6.07, 6.45) is 1.57. The van der Waals surface area contributed by atoms with Crippen LogP contribution in [0, 0.1) is 11.6 Å². The number of rotatable bonds is 4. The number of carbonyl (C=O) groups excluding carboxylic acids is 1. The van der Waals surface area contributed by atoms with Gasteiger partial charge in [-0.15, -0.1) is 0 Å². The van der Waals surface area contributed by atoms with Crippen LogP contribution >= 0.6 is 0 Å². The SMILES string of the molecule is CC(C)N1C[C@@H]2COCc3c(-c4ccn(Cc5ccc(F)cc5F)n4)c(=O)c(O)c(n32)C1=O. The summed E-state index contributed by atoms with van der Waals surface area (Å²) in [5.41, 5.74) is 0.382. The van der Waals surface area contributed by atoms with Crippen LogP contribution < -0.4 is 5.43 Å². The number of amides is 1. The van der Waals surface area contributed by atoms with Crippen molar-refractivity contribution in [3.8, 4) is 17.0 Å². The molecule has 0 bridgehead atoms. The fourth-order valence-electron chi connectivity index (χ4n) is 4.54. The molecule has 0 fully saturated rings. The minimum Gasteiger partial charge on any atom is -0.503 e. The standard InChI is InChI=1S/C23H22F2N4O4/c1-12(2)28-9-15-10-33-11-18-19(21(30)22(31)20(23(28)32)29(15)18)17-5-6-27(26-17)8-13-3-4-14(24)7-16(13)25/h3-7,12,15,31H,8-11H2,1-2H3/t15-/m1/s1.